The van der Waals surface area contributed by atoms with Gasteiger partial charge in [-0.3, -0.25) is 0 Å². The first-order valence-electron chi connectivity index (χ1n) is 19.2. The van der Waals surface area contributed by atoms with Gasteiger partial charge in [-0.1, -0.05) is 164 Å². The average Bonchev–Trinajstić information content (AvgIpc) is 3.66. The molecule has 56 heavy (non-hydrogen) atoms. The van der Waals surface area contributed by atoms with E-state index in [-0.39, 0.29) is 0 Å². The van der Waals surface area contributed by atoms with Crippen LogP contribution in [0.4, 0.5) is 17.1 Å². The van der Waals surface area contributed by atoms with Crippen LogP contribution in [0.1, 0.15) is 0 Å². The fraction of sp³-hybridized carbons (Fsp3) is 0. The van der Waals surface area contributed by atoms with Crippen LogP contribution >= 0.6 is 0 Å². The first-order chi connectivity index (χ1) is 27.8. The average molecular weight is 714 g/mol. The fourth-order valence-electron chi connectivity index (χ4n) is 8.68. The molecule has 0 aliphatic rings. The predicted octanol–water partition coefficient (Wildman–Crippen LogP) is 15.5. The molecular weight excluding hydrogens is 679 g/mol. The Morgan fingerprint density at radius 3 is 1.80 bits per heavy atom. The third kappa shape index (κ3) is 5.26. The van der Waals surface area contributed by atoms with Crippen LogP contribution in [0.3, 0.4) is 0 Å². The van der Waals surface area contributed by atoms with Crippen molar-refractivity contribution in [2.75, 3.05) is 4.90 Å². The summed E-state index contributed by atoms with van der Waals surface area (Å²) in [5, 5.41) is 9.57. The summed E-state index contributed by atoms with van der Waals surface area (Å²) in [6.45, 7) is 0. The number of hydrogen-bond donors (Lipinski definition) is 0. The lowest BCUT2D eigenvalue weighted by Gasteiger charge is -2.29. The van der Waals surface area contributed by atoms with E-state index < -0.39 is 0 Å². The van der Waals surface area contributed by atoms with E-state index in [1.807, 2.05) is 0 Å². The minimum Gasteiger partial charge on any atom is -0.456 e. The lowest BCUT2D eigenvalue weighted by atomic mass is 9.89. The van der Waals surface area contributed by atoms with Gasteiger partial charge in [0.1, 0.15) is 11.2 Å². The second-order valence-corrected chi connectivity index (χ2v) is 14.4. The van der Waals surface area contributed by atoms with E-state index in [0.29, 0.717) is 0 Å². The number of benzene rings is 10. The highest BCUT2D eigenvalue weighted by molar-refractivity contribution is 6.22. The number of anilines is 3. The van der Waals surface area contributed by atoms with Gasteiger partial charge in [0.15, 0.2) is 0 Å². The highest BCUT2D eigenvalue weighted by Crippen LogP contribution is 2.50. The highest BCUT2D eigenvalue weighted by Gasteiger charge is 2.25. The van der Waals surface area contributed by atoms with Gasteiger partial charge in [0, 0.05) is 27.7 Å². The normalized spacial score (nSPS) is 11.6. The molecule has 0 spiro atoms. The largest absolute Gasteiger partial charge is 0.456 e. The summed E-state index contributed by atoms with van der Waals surface area (Å²) in [6, 6.07) is 76.5. The first kappa shape index (κ1) is 32.0. The second kappa shape index (κ2) is 13.2. The number of nitrogens with zero attached hydrogens (tertiary/aromatic N) is 1. The van der Waals surface area contributed by atoms with Crippen LogP contribution in [0.2, 0.25) is 0 Å². The summed E-state index contributed by atoms with van der Waals surface area (Å²) < 4.78 is 6.62. The summed E-state index contributed by atoms with van der Waals surface area (Å²) in [7, 11) is 0. The molecule has 0 bridgehead atoms. The third-order valence-electron chi connectivity index (χ3n) is 11.2. The maximum absolute atomic E-state index is 6.62. The van der Waals surface area contributed by atoms with Crippen LogP contribution in [0.5, 0.6) is 0 Å². The molecule has 1 heterocycles. The molecule has 0 atom stereocenters. The van der Waals surface area contributed by atoms with Crippen molar-refractivity contribution in [3.05, 3.63) is 212 Å². The van der Waals surface area contributed by atoms with E-state index in [4.69, 9.17) is 4.42 Å². The Kier molecular flexibility index (Phi) is 7.53. The van der Waals surface area contributed by atoms with Crippen molar-refractivity contribution < 1.29 is 4.42 Å². The molecule has 0 saturated heterocycles. The quantitative estimate of drug-likeness (QED) is 0.160. The van der Waals surface area contributed by atoms with Gasteiger partial charge in [0.25, 0.3) is 0 Å². The van der Waals surface area contributed by atoms with E-state index in [0.717, 1.165) is 50.1 Å². The number of fused-ring (bicyclic) bond motifs is 7. The van der Waals surface area contributed by atoms with Crippen molar-refractivity contribution in [1.82, 2.24) is 0 Å². The molecule has 0 unspecified atom stereocenters. The zero-order valence-corrected chi connectivity index (χ0v) is 30.6. The Hall–Kier alpha value is -7.42. The summed E-state index contributed by atoms with van der Waals surface area (Å²) in [4.78, 5) is 2.43. The molecule has 0 fully saturated rings. The van der Waals surface area contributed by atoms with Gasteiger partial charge < -0.3 is 9.32 Å². The maximum atomic E-state index is 6.62. The lowest BCUT2D eigenvalue weighted by molar-refractivity contribution is 0.669. The molecule has 262 valence electrons. The van der Waals surface area contributed by atoms with Crippen molar-refractivity contribution >= 4 is 71.3 Å². The molecule has 0 radical (unpaired) electrons. The zero-order valence-electron chi connectivity index (χ0n) is 30.6. The van der Waals surface area contributed by atoms with E-state index in [2.05, 4.69) is 217 Å². The van der Waals surface area contributed by atoms with Gasteiger partial charge in [-0.15, -0.1) is 0 Å². The van der Waals surface area contributed by atoms with Crippen LogP contribution < -0.4 is 4.90 Å². The Morgan fingerprint density at radius 1 is 0.321 bits per heavy atom. The molecule has 0 aliphatic heterocycles. The van der Waals surface area contributed by atoms with Gasteiger partial charge in [0.05, 0.1) is 5.69 Å². The number of rotatable bonds is 6. The van der Waals surface area contributed by atoms with Crippen LogP contribution in [0.15, 0.2) is 217 Å². The van der Waals surface area contributed by atoms with Gasteiger partial charge in [-0.05, 0) is 109 Å². The van der Waals surface area contributed by atoms with Crippen LogP contribution in [-0.2, 0) is 0 Å². The van der Waals surface area contributed by atoms with E-state index in [1.54, 1.807) is 0 Å². The molecule has 10 aromatic carbocycles. The minimum absolute atomic E-state index is 0.867. The second-order valence-electron chi connectivity index (χ2n) is 14.4. The molecule has 0 saturated carbocycles. The van der Waals surface area contributed by atoms with Crippen molar-refractivity contribution in [3.63, 3.8) is 0 Å². The Balaban J connectivity index is 1.22. The molecule has 11 aromatic rings. The molecule has 2 heteroatoms. The van der Waals surface area contributed by atoms with Crippen molar-refractivity contribution in [2.24, 2.45) is 0 Å². The van der Waals surface area contributed by atoms with Gasteiger partial charge >= 0.3 is 0 Å². The minimum atomic E-state index is 0.867. The first-order valence-corrected chi connectivity index (χ1v) is 19.2. The fourth-order valence-corrected chi connectivity index (χ4v) is 8.68. The molecule has 2 nitrogen and oxygen atoms in total. The third-order valence-corrected chi connectivity index (χ3v) is 11.2. The van der Waals surface area contributed by atoms with Crippen molar-refractivity contribution in [3.8, 4) is 33.4 Å². The van der Waals surface area contributed by atoms with Crippen molar-refractivity contribution in [2.45, 2.75) is 0 Å². The standard InChI is InChI=1S/C54H35NO/c1-2-14-36(15-3-1)39-19-12-20-42(34-39)55(41-30-28-38(29-31-41)44-26-13-18-37-16-4-6-21-43(37)44)50-32-33-52-54(48-25-10-11-27-51(48)56-52)53(50)49-35-40-17-5-7-22-45(40)46-23-8-9-24-47(46)49/h1-35H. The van der Waals surface area contributed by atoms with Crippen molar-refractivity contribution in [1.29, 1.82) is 0 Å². The summed E-state index contributed by atoms with van der Waals surface area (Å²) in [5.74, 6) is 0. The zero-order chi connectivity index (χ0) is 37.0. The molecule has 11 rings (SSSR count). The monoisotopic (exact) mass is 713 g/mol. The topological polar surface area (TPSA) is 16.4 Å². The van der Waals surface area contributed by atoms with Gasteiger partial charge in [-0.25, -0.2) is 0 Å². The summed E-state index contributed by atoms with van der Waals surface area (Å²) in [5.41, 5.74) is 12.0. The summed E-state index contributed by atoms with van der Waals surface area (Å²) >= 11 is 0. The summed E-state index contributed by atoms with van der Waals surface area (Å²) in [6.07, 6.45) is 0. The molecule has 0 aliphatic carbocycles. The van der Waals surface area contributed by atoms with Gasteiger partial charge in [-0.2, -0.15) is 0 Å². The molecule has 0 amide bonds. The number of para-hydroxylation sites is 1. The number of furan rings is 1. The van der Waals surface area contributed by atoms with E-state index in [9.17, 15) is 0 Å². The Bertz CT molecular complexity index is 3240. The van der Waals surface area contributed by atoms with Crippen LogP contribution in [0.25, 0.3) is 87.6 Å². The molecule has 1 aromatic heterocycles. The van der Waals surface area contributed by atoms with E-state index >= 15 is 0 Å². The maximum Gasteiger partial charge on any atom is 0.136 e. The highest BCUT2D eigenvalue weighted by atomic mass is 16.3. The van der Waals surface area contributed by atoms with E-state index in [1.165, 1.54) is 54.6 Å². The lowest BCUT2D eigenvalue weighted by Crippen LogP contribution is -2.11. The number of hydrogen-bond acceptors (Lipinski definition) is 2. The van der Waals surface area contributed by atoms with Crippen LogP contribution in [-0.4, -0.2) is 0 Å². The van der Waals surface area contributed by atoms with Gasteiger partial charge in [0.2, 0.25) is 0 Å². The molecular formula is C54H35NO. The molecule has 0 N–H and O–H groups in total. The Labute approximate surface area is 325 Å². The SMILES string of the molecule is c1ccc(-c2cccc(N(c3ccc(-c4cccc5ccccc45)cc3)c3ccc4oc5ccccc5c4c3-c3cc4ccccc4c4ccccc34)c2)cc1. The smallest absolute Gasteiger partial charge is 0.136 e. The van der Waals surface area contributed by atoms with Crippen LogP contribution in [0, 0.1) is 0 Å². The predicted molar refractivity (Wildman–Crippen MR) is 237 cm³/mol. The Morgan fingerprint density at radius 2 is 0.964 bits per heavy atom.